The lowest BCUT2D eigenvalue weighted by Crippen LogP contribution is -2.48. The molecule has 0 radical (unpaired) electrons. The SMILES string of the molecule is CCOC(=O)C1(C)OCC(CCCc2nc(-c3ccc(C)cc3)oc2C)CO1. The van der Waals surface area contributed by atoms with Crippen LogP contribution in [0.1, 0.15) is 43.7 Å². The second kappa shape index (κ2) is 8.88. The maximum atomic E-state index is 11.9. The van der Waals surface area contributed by atoms with Gasteiger partial charge in [0.2, 0.25) is 5.89 Å². The van der Waals surface area contributed by atoms with Gasteiger partial charge in [-0.2, -0.15) is 0 Å². The molecular formula is C22H29NO5. The number of ether oxygens (including phenoxy) is 3. The number of hydrogen-bond donors (Lipinski definition) is 0. The van der Waals surface area contributed by atoms with Crippen LogP contribution in [0, 0.1) is 19.8 Å². The van der Waals surface area contributed by atoms with E-state index >= 15 is 0 Å². The molecule has 0 atom stereocenters. The Kier molecular flexibility index (Phi) is 6.52. The van der Waals surface area contributed by atoms with Gasteiger partial charge < -0.3 is 18.6 Å². The molecule has 0 amide bonds. The van der Waals surface area contributed by atoms with Crippen molar-refractivity contribution < 1.29 is 23.4 Å². The Labute approximate surface area is 166 Å². The number of oxazole rings is 1. The molecule has 28 heavy (non-hydrogen) atoms. The minimum absolute atomic E-state index is 0.256. The summed E-state index contributed by atoms with van der Waals surface area (Å²) >= 11 is 0. The molecule has 2 heterocycles. The van der Waals surface area contributed by atoms with Crippen LogP contribution in [0.25, 0.3) is 11.5 Å². The summed E-state index contributed by atoms with van der Waals surface area (Å²) in [5.41, 5.74) is 3.19. The Morgan fingerprint density at radius 1 is 1.21 bits per heavy atom. The van der Waals surface area contributed by atoms with E-state index in [9.17, 15) is 4.79 Å². The Bertz CT molecular complexity index is 788. The Hall–Kier alpha value is -2.18. The molecule has 6 nitrogen and oxygen atoms in total. The second-order valence-corrected chi connectivity index (χ2v) is 7.43. The summed E-state index contributed by atoms with van der Waals surface area (Å²) in [7, 11) is 0. The molecular weight excluding hydrogens is 358 g/mol. The van der Waals surface area contributed by atoms with Gasteiger partial charge in [0.15, 0.2) is 0 Å². The normalized spacial score (nSPS) is 22.2. The van der Waals surface area contributed by atoms with E-state index in [1.165, 1.54) is 5.56 Å². The van der Waals surface area contributed by atoms with E-state index in [1.807, 2.05) is 19.1 Å². The third kappa shape index (κ3) is 4.80. The summed E-state index contributed by atoms with van der Waals surface area (Å²) in [6.07, 6.45) is 2.73. The van der Waals surface area contributed by atoms with Crippen molar-refractivity contribution in [2.75, 3.05) is 19.8 Å². The van der Waals surface area contributed by atoms with E-state index in [4.69, 9.17) is 18.6 Å². The summed E-state index contributed by atoms with van der Waals surface area (Å²) < 4.78 is 22.2. The zero-order valence-electron chi connectivity index (χ0n) is 17.1. The van der Waals surface area contributed by atoms with Gasteiger partial charge in [0, 0.05) is 18.4 Å². The van der Waals surface area contributed by atoms with Gasteiger partial charge in [-0.3, -0.25) is 0 Å². The molecule has 6 heteroatoms. The first-order valence-electron chi connectivity index (χ1n) is 9.89. The number of nitrogens with zero attached hydrogens (tertiary/aromatic N) is 1. The molecule has 1 aliphatic heterocycles. The number of aromatic nitrogens is 1. The molecule has 1 saturated heterocycles. The molecule has 1 aliphatic rings. The van der Waals surface area contributed by atoms with Crippen LogP contribution in [-0.4, -0.2) is 36.6 Å². The van der Waals surface area contributed by atoms with Gasteiger partial charge in [0.05, 0.1) is 25.5 Å². The molecule has 1 fully saturated rings. The van der Waals surface area contributed by atoms with Crippen LogP contribution in [-0.2, 0) is 25.4 Å². The lowest BCUT2D eigenvalue weighted by atomic mass is 10.0. The number of carbonyl (C=O) groups excluding carboxylic acids is 1. The molecule has 0 bridgehead atoms. The van der Waals surface area contributed by atoms with Crippen molar-refractivity contribution in [3.63, 3.8) is 0 Å². The summed E-state index contributed by atoms with van der Waals surface area (Å²) in [5, 5.41) is 0. The van der Waals surface area contributed by atoms with Crippen LogP contribution in [0.2, 0.25) is 0 Å². The highest BCUT2D eigenvalue weighted by atomic mass is 16.7. The molecule has 2 aromatic rings. The van der Waals surface area contributed by atoms with Crippen molar-refractivity contribution in [3.05, 3.63) is 41.3 Å². The van der Waals surface area contributed by atoms with E-state index in [-0.39, 0.29) is 5.92 Å². The average Bonchev–Trinajstić information content (AvgIpc) is 3.05. The first kappa shape index (κ1) is 20.6. The Balaban J connectivity index is 1.48. The highest BCUT2D eigenvalue weighted by molar-refractivity contribution is 5.77. The summed E-state index contributed by atoms with van der Waals surface area (Å²) in [6, 6.07) is 8.17. The predicted molar refractivity (Wildman–Crippen MR) is 105 cm³/mol. The Morgan fingerprint density at radius 2 is 1.89 bits per heavy atom. The fraction of sp³-hybridized carbons (Fsp3) is 0.545. The van der Waals surface area contributed by atoms with E-state index in [0.29, 0.717) is 25.7 Å². The molecule has 3 rings (SSSR count). The fourth-order valence-corrected chi connectivity index (χ4v) is 3.23. The summed E-state index contributed by atoms with van der Waals surface area (Å²) in [4.78, 5) is 16.6. The Morgan fingerprint density at radius 3 is 2.54 bits per heavy atom. The zero-order valence-corrected chi connectivity index (χ0v) is 17.1. The highest BCUT2D eigenvalue weighted by Crippen LogP contribution is 2.27. The van der Waals surface area contributed by atoms with Gasteiger partial charge in [-0.05, 0) is 52.2 Å². The second-order valence-electron chi connectivity index (χ2n) is 7.43. The quantitative estimate of drug-likeness (QED) is 0.663. The molecule has 1 aromatic carbocycles. The van der Waals surface area contributed by atoms with Gasteiger partial charge in [0.25, 0.3) is 5.79 Å². The van der Waals surface area contributed by atoms with E-state index in [1.54, 1.807) is 13.8 Å². The first-order valence-corrected chi connectivity index (χ1v) is 9.89. The van der Waals surface area contributed by atoms with Crippen molar-refractivity contribution in [1.29, 1.82) is 0 Å². The summed E-state index contributed by atoms with van der Waals surface area (Å²) in [5.74, 6) is 0.0447. The molecule has 0 saturated carbocycles. The molecule has 152 valence electrons. The monoisotopic (exact) mass is 387 g/mol. The minimum Gasteiger partial charge on any atom is -0.462 e. The van der Waals surface area contributed by atoms with Crippen molar-refractivity contribution in [2.45, 2.75) is 52.7 Å². The average molecular weight is 387 g/mol. The maximum absolute atomic E-state index is 11.9. The van der Waals surface area contributed by atoms with E-state index in [2.05, 4.69) is 24.0 Å². The van der Waals surface area contributed by atoms with E-state index in [0.717, 1.165) is 36.3 Å². The maximum Gasteiger partial charge on any atom is 0.366 e. The van der Waals surface area contributed by atoms with Crippen LogP contribution in [0.5, 0.6) is 0 Å². The van der Waals surface area contributed by atoms with Crippen LogP contribution in [0.3, 0.4) is 0 Å². The molecule has 0 N–H and O–H groups in total. The minimum atomic E-state index is -1.28. The number of hydrogen-bond acceptors (Lipinski definition) is 6. The van der Waals surface area contributed by atoms with Gasteiger partial charge >= 0.3 is 5.97 Å². The lowest BCUT2D eigenvalue weighted by molar-refractivity contribution is -0.273. The third-order valence-electron chi connectivity index (χ3n) is 5.05. The number of aryl methyl sites for hydroxylation is 3. The number of benzene rings is 1. The smallest absolute Gasteiger partial charge is 0.366 e. The standard InChI is InChI=1S/C22H29NO5/c1-5-25-21(24)22(4)26-13-17(14-27-22)7-6-8-19-16(3)28-20(23-19)18-11-9-15(2)10-12-18/h9-12,17H,5-8,13-14H2,1-4H3. The van der Waals surface area contributed by atoms with Crippen molar-refractivity contribution in [1.82, 2.24) is 4.98 Å². The van der Waals surface area contributed by atoms with Gasteiger partial charge in [-0.1, -0.05) is 17.7 Å². The highest BCUT2D eigenvalue weighted by Gasteiger charge is 2.41. The van der Waals surface area contributed by atoms with E-state index < -0.39 is 11.8 Å². The zero-order chi connectivity index (χ0) is 20.1. The van der Waals surface area contributed by atoms with Crippen LogP contribution in [0.4, 0.5) is 0 Å². The van der Waals surface area contributed by atoms with Crippen LogP contribution >= 0.6 is 0 Å². The van der Waals surface area contributed by atoms with Gasteiger partial charge in [-0.25, -0.2) is 9.78 Å². The summed E-state index contributed by atoms with van der Waals surface area (Å²) in [6.45, 7) is 8.69. The van der Waals surface area contributed by atoms with Gasteiger partial charge in [0.1, 0.15) is 5.76 Å². The molecule has 0 aliphatic carbocycles. The molecule has 0 unspecified atom stereocenters. The number of rotatable bonds is 7. The molecule has 1 aromatic heterocycles. The van der Waals surface area contributed by atoms with Crippen molar-refractivity contribution >= 4 is 5.97 Å². The van der Waals surface area contributed by atoms with Crippen LogP contribution < -0.4 is 0 Å². The first-order chi connectivity index (χ1) is 13.4. The van der Waals surface area contributed by atoms with Crippen LogP contribution in [0.15, 0.2) is 28.7 Å². The largest absolute Gasteiger partial charge is 0.462 e. The van der Waals surface area contributed by atoms with Crippen molar-refractivity contribution in [2.24, 2.45) is 5.92 Å². The molecule has 0 spiro atoms. The topological polar surface area (TPSA) is 70.8 Å². The lowest BCUT2D eigenvalue weighted by Gasteiger charge is -2.35. The fourth-order valence-electron chi connectivity index (χ4n) is 3.23. The number of carbonyl (C=O) groups is 1. The predicted octanol–water partition coefficient (Wildman–Crippen LogP) is 4.22. The van der Waals surface area contributed by atoms with Gasteiger partial charge in [-0.15, -0.1) is 0 Å². The number of esters is 1. The third-order valence-corrected chi connectivity index (χ3v) is 5.05. The van der Waals surface area contributed by atoms with Crippen molar-refractivity contribution in [3.8, 4) is 11.5 Å².